The van der Waals surface area contributed by atoms with E-state index >= 15 is 0 Å². The van der Waals surface area contributed by atoms with E-state index in [-0.39, 0.29) is 0 Å². The van der Waals surface area contributed by atoms with Crippen molar-refractivity contribution in [1.29, 1.82) is 0 Å². The predicted octanol–water partition coefficient (Wildman–Crippen LogP) is 1.49. The van der Waals surface area contributed by atoms with Gasteiger partial charge < -0.3 is 20.3 Å². The summed E-state index contributed by atoms with van der Waals surface area (Å²) in [5, 5.41) is 6.73. The first-order valence-corrected chi connectivity index (χ1v) is 6.70. The Bertz CT molecular complexity index is 554. The van der Waals surface area contributed by atoms with Gasteiger partial charge >= 0.3 is 0 Å². The molecule has 0 bridgehead atoms. The quantitative estimate of drug-likeness (QED) is 0.789. The SMILES string of the molecule is Nc1ccc(NCCc2ncno2)nc1OCC1CC1. The largest absolute Gasteiger partial charge is 0.476 e. The highest BCUT2D eigenvalue weighted by atomic mass is 16.5. The summed E-state index contributed by atoms with van der Waals surface area (Å²) in [5.41, 5.74) is 6.42. The minimum atomic E-state index is 0.500. The molecule has 0 radical (unpaired) electrons. The lowest BCUT2D eigenvalue weighted by Crippen LogP contribution is -2.09. The molecule has 0 amide bonds. The first kappa shape index (κ1) is 12.7. The number of nitrogen functional groups attached to an aromatic ring is 1. The smallest absolute Gasteiger partial charge is 0.239 e. The number of pyridine rings is 1. The summed E-state index contributed by atoms with van der Waals surface area (Å²) in [6.07, 6.45) is 4.51. The molecule has 2 aromatic rings. The van der Waals surface area contributed by atoms with Crippen LogP contribution in [0.3, 0.4) is 0 Å². The maximum Gasteiger partial charge on any atom is 0.239 e. The minimum absolute atomic E-state index is 0.500. The summed E-state index contributed by atoms with van der Waals surface area (Å²) in [5.74, 6) is 2.49. The van der Waals surface area contributed by atoms with Crippen LogP contribution < -0.4 is 15.8 Å². The van der Waals surface area contributed by atoms with Crippen LogP contribution in [0.4, 0.5) is 11.5 Å². The predicted molar refractivity (Wildman–Crippen MR) is 73.4 cm³/mol. The van der Waals surface area contributed by atoms with Crippen LogP contribution in [0.2, 0.25) is 0 Å². The van der Waals surface area contributed by atoms with Crippen LogP contribution in [0.15, 0.2) is 23.0 Å². The molecule has 1 aliphatic rings. The van der Waals surface area contributed by atoms with Crippen molar-refractivity contribution in [3.8, 4) is 5.88 Å². The molecule has 1 saturated carbocycles. The number of rotatable bonds is 7. The molecule has 2 aromatic heterocycles. The van der Waals surface area contributed by atoms with Gasteiger partial charge in [0.2, 0.25) is 11.8 Å². The minimum Gasteiger partial charge on any atom is -0.476 e. The molecule has 1 fully saturated rings. The molecule has 7 nitrogen and oxygen atoms in total. The van der Waals surface area contributed by atoms with Gasteiger partial charge in [-0.2, -0.15) is 9.97 Å². The maximum absolute atomic E-state index is 5.85. The van der Waals surface area contributed by atoms with E-state index in [1.807, 2.05) is 6.07 Å². The van der Waals surface area contributed by atoms with Crippen molar-refractivity contribution in [2.24, 2.45) is 5.92 Å². The molecule has 0 saturated heterocycles. The van der Waals surface area contributed by atoms with Crippen molar-refractivity contribution in [2.75, 3.05) is 24.2 Å². The molecule has 0 unspecified atom stereocenters. The van der Waals surface area contributed by atoms with Gasteiger partial charge in [0.1, 0.15) is 5.82 Å². The van der Waals surface area contributed by atoms with Crippen molar-refractivity contribution in [1.82, 2.24) is 15.1 Å². The Labute approximate surface area is 116 Å². The van der Waals surface area contributed by atoms with E-state index in [1.54, 1.807) is 6.07 Å². The summed E-state index contributed by atoms with van der Waals surface area (Å²) < 4.78 is 10.6. The van der Waals surface area contributed by atoms with E-state index in [0.717, 1.165) is 5.82 Å². The lowest BCUT2D eigenvalue weighted by atomic mass is 10.3. The van der Waals surface area contributed by atoms with E-state index in [4.69, 9.17) is 15.0 Å². The first-order chi connectivity index (χ1) is 9.81. The van der Waals surface area contributed by atoms with E-state index in [2.05, 4.69) is 20.4 Å². The van der Waals surface area contributed by atoms with Crippen LogP contribution in [0.25, 0.3) is 0 Å². The van der Waals surface area contributed by atoms with E-state index in [9.17, 15) is 0 Å². The molecule has 20 heavy (non-hydrogen) atoms. The highest BCUT2D eigenvalue weighted by molar-refractivity contribution is 5.53. The fourth-order valence-corrected chi connectivity index (χ4v) is 1.75. The lowest BCUT2D eigenvalue weighted by molar-refractivity contribution is 0.290. The van der Waals surface area contributed by atoms with Crippen LogP contribution in [0, 0.1) is 5.92 Å². The summed E-state index contributed by atoms with van der Waals surface area (Å²) in [6.45, 7) is 1.35. The van der Waals surface area contributed by atoms with Gasteiger partial charge in [0.15, 0.2) is 6.33 Å². The lowest BCUT2D eigenvalue weighted by Gasteiger charge is -2.10. The van der Waals surface area contributed by atoms with E-state index in [1.165, 1.54) is 19.2 Å². The van der Waals surface area contributed by atoms with Gasteiger partial charge in [-0.3, -0.25) is 0 Å². The number of hydrogen-bond donors (Lipinski definition) is 2. The summed E-state index contributed by atoms with van der Waals surface area (Å²) in [7, 11) is 0. The highest BCUT2D eigenvalue weighted by Gasteiger charge is 2.22. The third-order valence-electron chi connectivity index (χ3n) is 3.09. The summed E-state index contributed by atoms with van der Waals surface area (Å²) in [4.78, 5) is 8.32. The highest BCUT2D eigenvalue weighted by Crippen LogP contribution is 2.30. The molecular weight excluding hydrogens is 258 g/mol. The molecule has 7 heteroatoms. The topological polar surface area (TPSA) is 99.1 Å². The van der Waals surface area contributed by atoms with Gasteiger partial charge in [-0.15, -0.1) is 0 Å². The van der Waals surface area contributed by atoms with Crippen molar-refractivity contribution >= 4 is 11.5 Å². The monoisotopic (exact) mass is 275 g/mol. The molecule has 0 atom stereocenters. The van der Waals surface area contributed by atoms with Crippen LogP contribution >= 0.6 is 0 Å². The molecule has 0 aliphatic heterocycles. The van der Waals surface area contributed by atoms with Crippen molar-refractivity contribution in [3.05, 3.63) is 24.4 Å². The fourth-order valence-electron chi connectivity index (χ4n) is 1.75. The van der Waals surface area contributed by atoms with Gasteiger partial charge in [0.05, 0.1) is 12.3 Å². The Hall–Kier alpha value is -2.31. The van der Waals surface area contributed by atoms with Crippen LogP contribution in [-0.2, 0) is 6.42 Å². The molecule has 0 spiro atoms. The third-order valence-corrected chi connectivity index (χ3v) is 3.09. The van der Waals surface area contributed by atoms with E-state index in [0.29, 0.717) is 42.9 Å². The number of ether oxygens (including phenoxy) is 1. The first-order valence-electron chi connectivity index (χ1n) is 6.70. The number of nitrogens with two attached hydrogens (primary N) is 1. The Kier molecular flexibility index (Phi) is 3.67. The normalized spacial score (nSPS) is 14.2. The fraction of sp³-hybridized carbons (Fsp3) is 0.462. The average molecular weight is 275 g/mol. The third kappa shape index (κ3) is 3.37. The maximum atomic E-state index is 5.85. The van der Waals surface area contributed by atoms with Crippen LogP contribution in [0.1, 0.15) is 18.7 Å². The van der Waals surface area contributed by atoms with Gasteiger partial charge in [-0.05, 0) is 30.9 Å². The van der Waals surface area contributed by atoms with Gasteiger partial charge in [0, 0.05) is 13.0 Å². The molecule has 2 heterocycles. The Morgan fingerprint density at radius 2 is 2.30 bits per heavy atom. The number of aromatic nitrogens is 3. The van der Waals surface area contributed by atoms with Crippen LogP contribution in [-0.4, -0.2) is 28.3 Å². The summed E-state index contributed by atoms with van der Waals surface area (Å²) >= 11 is 0. The Morgan fingerprint density at radius 1 is 1.40 bits per heavy atom. The second-order valence-electron chi connectivity index (χ2n) is 4.86. The van der Waals surface area contributed by atoms with Crippen LogP contribution in [0.5, 0.6) is 5.88 Å². The number of hydrogen-bond acceptors (Lipinski definition) is 7. The second kappa shape index (κ2) is 5.77. The van der Waals surface area contributed by atoms with Gasteiger partial charge in [-0.1, -0.05) is 5.16 Å². The van der Waals surface area contributed by atoms with Crippen molar-refractivity contribution in [2.45, 2.75) is 19.3 Å². The van der Waals surface area contributed by atoms with Gasteiger partial charge in [-0.25, -0.2) is 0 Å². The molecule has 106 valence electrons. The zero-order valence-electron chi connectivity index (χ0n) is 11.1. The van der Waals surface area contributed by atoms with Crippen molar-refractivity contribution < 1.29 is 9.26 Å². The Morgan fingerprint density at radius 3 is 3.05 bits per heavy atom. The Balaban J connectivity index is 1.53. The molecule has 1 aliphatic carbocycles. The number of nitrogens with zero attached hydrogens (tertiary/aromatic N) is 3. The zero-order chi connectivity index (χ0) is 13.8. The molecule has 3 N–H and O–H groups in total. The average Bonchev–Trinajstić information content (AvgIpc) is 3.14. The summed E-state index contributed by atoms with van der Waals surface area (Å²) in [6, 6.07) is 3.62. The molecule has 3 rings (SSSR count). The number of nitrogens with one attached hydrogen (secondary N) is 1. The molecular formula is C13H17N5O2. The van der Waals surface area contributed by atoms with Gasteiger partial charge in [0.25, 0.3) is 0 Å². The second-order valence-corrected chi connectivity index (χ2v) is 4.86. The van der Waals surface area contributed by atoms with E-state index < -0.39 is 0 Å². The zero-order valence-corrected chi connectivity index (χ0v) is 11.1. The van der Waals surface area contributed by atoms with Crippen molar-refractivity contribution in [3.63, 3.8) is 0 Å². The number of anilines is 2. The molecule has 0 aromatic carbocycles. The standard InChI is InChI=1S/C13H17N5O2/c14-10-3-4-11(15-6-5-12-16-8-17-20-12)18-13(10)19-7-9-1-2-9/h3-4,8-9H,1-2,5-7,14H2,(H,15,18).